The molecule has 3 aromatic rings. The number of amides is 1. The van der Waals surface area contributed by atoms with E-state index in [1.165, 1.54) is 15.6 Å². The van der Waals surface area contributed by atoms with Gasteiger partial charge in [-0.05, 0) is 47.0 Å². The number of aryl methyl sites for hydroxylation is 2. The maximum absolute atomic E-state index is 12.7. The second-order valence-electron chi connectivity index (χ2n) is 5.96. The van der Waals surface area contributed by atoms with E-state index in [2.05, 4.69) is 26.0 Å². The number of fused-ring (bicyclic) bond motifs is 1. The van der Waals surface area contributed by atoms with E-state index in [0.29, 0.717) is 15.6 Å². The summed E-state index contributed by atoms with van der Waals surface area (Å²) in [6.45, 7) is 3.88. The van der Waals surface area contributed by atoms with Gasteiger partial charge in [-0.3, -0.25) is 14.2 Å². The van der Waals surface area contributed by atoms with Crippen molar-refractivity contribution in [3.8, 4) is 0 Å². The first kappa shape index (κ1) is 17.3. The van der Waals surface area contributed by atoms with Crippen molar-refractivity contribution in [3.05, 3.63) is 50.6 Å². The number of nitrogens with zero attached hydrogens (tertiary/aromatic N) is 5. The summed E-state index contributed by atoms with van der Waals surface area (Å²) in [5.74, 6) is -0.197. The maximum Gasteiger partial charge on any atom is 0.266 e. The Morgan fingerprint density at radius 2 is 2.04 bits per heavy atom. The minimum atomic E-state index is -0.298. The Bertz CT molecular complexity index is 1040. The predicted molar refractivity (Wildman–Crippen MR) is 99.8 cm³/mol. The third kappa shape index (κ3) is 2.97. The van der Waals surface area contributed by atoms with Crippen LogP contribution in [0.4, 0.5) is 5.69 Å². The Hall–Kier alpha value is -2.48. The number of benzene rings is 1. The summed E-state index contributed by atoms with van der Waals surface area (Å²) < 4.78 is 3.25. The SMILES string of the molecule is Cc1cccc(N(C)C(=O)Cn2cnc3c(c(Br)nn3C)c2=O)c1C. The lowest BCUT2D eigenvalue weighted by Crippen LogP contribution is -2.34. The molecule has 1 amide bonds. The lowest BCUT2D eigenvalue weighted by atomic mass is 10.1. The second-order valence-corrected chi connectivity index (χ2v) is 6.71. The van der Waals surface area contributed by atoms with E-state index < -0.39 is 0 Å². The van der Waals surface area contributed by atoms with E-state index in [4.69, 9.17) is 0 Å². The topological polar surface area (TPSA) is 73.0 Å². The summed E-state index contributed by atoms with van der Waals surface area (Å²) >= 11 is 3.27. The van der Waals surface area contributed by atoms with Crippen molar-refractivity contribution < 1.29 is 4.79 Å². The van der Waals surface area contributed by atoms with Crippen molar-refractivity contribution in [1.29, 1.82) is 0 Å². The molecule has 0 N–H and O–H groups in total. The van der Waals surface area contributed by atoms with Gasteiger partial charge >= 0.3 is 0 Å². The first-order chi connectivity index (χ1) is 11.8. The van der Waals surface area contributed by atoms with Crippen molar-refractivity contribution in [1.82, 2.24) is 19.3 Å². The van der Waals surface area contributed by atoms with Gasteiger partial charge in [0.05, 0.1) is 0 Å². The molecule has 0 aliphatic heterocycles. The molecule has 0 atom stereocenters. The molecule has 2 aromatic heterocycles. The lowest BCUT2D eigenvalue weighted by Gasteiger charge is -2.21. The highest BCUT2D eigenvalue weighted by Gasteiger charge is 2.18. The van der Waals surface area contributed by atoms with Crippen LogP contribution in [0.25, 0.3) is 11.0 Å². The largest absolute Gasteiger partial charge is 0.314 e. The molecule has 25 heavy (non-hydrogen) atoms. The van der Waals surface area contributed by atoms with Crippen LogP contribution < -0.4 is 10.5 Å². The van der Waals surface area contributed by atoms with Gasteiger partial charge in [0, 0.05) is 19.8 Å². The summed E-state index contributed by atoms with van der Waals surface area (Å²) in [6, 6.07) is 5.80. The average Bonchev–Trinajstić information content (AvgIpc) is 2.86. The molecule has 1 aromatic carbocycles. The number of hydrogen-bond acceptors (Lipinski definition) is 4. The number of carbonyl (C=O) groups is 1. The Balaban J connectivity index is 1.94. The minimum absolute atomic E-state index is 0.0903. The molecule has 0 radical (unpaired) electrons. The zero-order valence-electron chi connectivity index (χ0n) is 14.4. The molecule has 3 rings (SSSR count). The van der Waals surface area contributed by atoms with Crippen LogP contribution in [0.2, 0.25) is 0 Å². The molecule has 8 heteroatoms. The van der Waals surface area contributed by atoms with E-state index >= 15 is 0 Å². The predicted octanol–water partition coefficient (Wildman–Crippen LogP) is 2.17. The molecule has 2 heterocycles. The molecule has 0 aliphatic carbocycles. The van der Waals surface area contributed by atoms with Gasteiger partial charge < -0.3 is 4.90 Å². The van der Waals surface area contributed by atoms with Crippen LogP contribution in [-0.2, 0) is 18.4 Å². The van der Waals surface area contributed by atoms with Gasteiger partial charge in [-0.1, -0.05) is 12.1 Å². The van der Waals surface area contributed by atoms with Crippen LogP contribution in [0.5, 0.6) is 0 Å². The van der Waals surface area contributed by atoms with E-state index in [1.807, 2.05) is 32.0 Å². The van der Waals surface area contributed by atoms with Crippen molar-refractivity contribution in [2.24, 2.45) is 7.05 Å². The molecular formula is C17H18BrN5O2. The van der Waals surface area contributed by atoms with E-state index in [0.717, 1.165) is 16.8 Å². The molecule has 130 valence electrons. The zero-order valence-corrected chi connectivity index (χ0v) is 16.0. The second kappa shape index (κ2) is 6.44. The Morgan fingerprint density at radius 3 is 2.76 bits per heavy atom. The normalized spacial score (nSPS) is 11.1. The summed E-state index contributed by atoms with van der Waals surface area (Å²) in [5, 5.41) is 4.51. The molecule has 0 aliphatic rings. The minimum Gasteiger partial charge on any atom is -0.314 e. The number of aromatic nitrogens is 4. The van der Waals surface area contributed by atoms with Gasteiger partial charge in [0.2, 0.25) is 5.91 Å². The summed E-state index contributed by atoms with van der Waals surface area (Å²) in [6.07, 6.45) is 1.38. The molecule has 7 nitrogen and oxygen atoms in total. The number of anilines is 1. The van der Waals surface area contributed by atoms with Gasteiger partial charge in [-0.2, -0.15) is 5.10 Å². The molecule has 0 unspecified atom stereocenters. The van der Waals surface area contributed by atoms with Gasteiger partial charge in [-0.15, -0.1) is 0 Å². The van der Waals surface area contributed by atoms with Gasteiger partial charge in [0.25, 0.3) is 5.56 Å². The lowest BCUT2D eigenvalue weighted by molar-refractivity contribution is -0.118. The van der Waals surface area contributed by atoms with Crippen molar-refractivity contribution in [2.45, 2.75) is 20.4 Å². The highest BCUT2D eigenvalue weighted by molar-refractivity contribution is 9.10. The fraction of sp³-hybridized carbons (Fsp3) is 0.294. The number of carbonyl (C=O) groups excluding carboxylic acids is 1. The van der Waals surface area contributed by atoms with Crippen molar-refractivity contribution >= 4 is 38.6 Å². The zero-order chi connectivity index (χ0) is 18.3. The maximum atomic E-state index is 12.7. The van der Waals surface area contributed by atoms with Crippen LogP contribution in [0.3, 0.4) is 0 Å². The Morgan fingerprint density at radius 1 is 1.32 bits per heavy atom. The number of halogens is 1. The molecule has 0 spiro atoms. The Kier molecular flexibility index (Phi) is 4.47. The third-order valence-electron chi connectivity index (χ3n) is 4.39. The number of likely N-dealkylation sites (N-methyl/N-ethyl adjacent to an activating group) is 1. The molecule has 0 bridgehead atoms. The molecule has 0 fully saturated rings. The van der Waals surface area contributed by atoms with Gasteiger partial charge in [0.1, 0.15) is 22.9 Å². The average molecular weight is 404 g/mol. The van der Waals surface area contributed by atoms with E-state index in [-0.39, 0.29) is 18.0 Å². The highest BCUT2D eigenvalue weighted by Crippen LogP contribution is 2.22. The molecule has 0 saturated carbocycles. The summed E-state index contributed by atoms with van der Waals surface area (Å²) in [7, 11) is 3.42. The van der Waals surface area contributed by atoms with Gasteiger partial charge in [-0.25, -0.2) is 9.67 Å². The summed E-state index contributed by atoms with van der Waals surface area (Å²) in [5.41, 5.74) is 3.15. The third-order valence-corrected chi connectivity index (χ3v) is 4.94. The number of hydrogen-bond donors (Lipinski definition) is 0. The highest BCUT2D eigenvalue weighted by atomic mass is 79.9. The van der Waals surface area contributed by atoms with Crippen LogP contribution in [0.15, 0.2) is 33.9 Å². The number of rotatable bonds is 3. The van der Waals surface area contributed by atoms with Crippen LogP contribution in [-0.4, -0.2) is 32.3 Å². The quantitative estimate of drug-likeness (QED) is 0.671. The molecule has 0 saturated heterocycles. The van der Waals surface area contributed by atoms with Gasteiger partial charge in [0.15, 0.2) is 5.65 Å². The Labute approximate surface area is 153 Å². The monoisotopic (exact) mass is 403 g/mol. The smallest absolute Gasteiger partial charge is 0.266 e. The first-order valence-electron chi connectivity index (χ1n) is 7.71. The fourth-order valence-electron chi connectivity index (χ4n) is 2.73. The van der Waals surface area contributed by atoms with Crippen LogP contribution >= 0.6 is 15.9 Å². The van der Waals surface area contributed by atoms with Crippen LogP contribution in [0, 0.1) is 13.8 Å². The van der Waals surface area contributed by atoms with Crippen molar-refractivity contribution in [3.63, 3.8) is 0 Å². The fourth-order valence-corrected chi connectivity index (χ4v) is 3.32. The van der Waals surface area contributed by atoms with E-state index in [9.17, 15) is 9.59 Å². The van der Waals surface area contributed by atoms with Crippen LogP contribution in [0.1, 0.15) is 11.1 Å². The standard InChI is InChI=1S/C17H18BrN5O2/c1-10-6-5-7-12(11(10)2)21(3)13(24)8-23-9-19-16-14(17(23)25)15(18)20-22(16)4/h5-7,9H,8H2,1-4H3. The molecular weight excluding hydrogens is 386 g/mol. The van der Waals surface area contributed by atoms with Crippen molar-refractivity contribution in [2.75, 3.05) is 11.9 Å². The van der Waals surface area contributed by atoms with E-state index in [1.54, 1.807) is 19.0 Å². The first-order valence-corrected chi connectivity index (χ1v) is 8.51. The summed E-state index contributed by atoms with van der Waals surface area (Å²) in [4.78, 5) is 31.1.